The Kier molecular flexibility index (Phi) is 6.01. The van der Waals surface area contributed by atoms with Crippen LogP contribution in [0.5, 0.6) is 11.5 Å². The minimum absolute atomic E-state index is 0.0673. The molecular weight excluding hydrogens is 384 g/mol. The number of amides is 1. The van der Waals surface area contributed by atoms with Crippen LogP contribution in [0.15, 0.2) is 46.0 Å². The monoisotopic (exact) mass is 396 g/mol. The second-order valence-corrected chi connectivity index (χ2v) is 5.95. The normalized spacial score (nSPS) is 10.7. The maximum atomic E-state index is 11.9. The summed E-state index contributed by atoms with van der Waals surface area (Å²) in [7, 11) is 1.54. The predicted octanol–water partition coefficient (Wildman–Crippen LogP) is 3.51. The molecule has 0 fully saturated rings. The maximum Gasteiger partial charge on any atom is 0.244 e. The molecule has 0 unspecified atom stereocenters. The van der Waals surface area contributed by atoms with Gasteiger partial charge < -0.3 is 9.84 Å². The Bertz CT molecular complexity index is 750. The van der Waals surface area contributed by atoms with E-state index < -0.39 is 0 Å². The van der Waals surface area contributed by atoms with Gasteiger partial charge in [-0.15, -0.1) is 0 Å². The number of hydrogen-bond acceptors (Lipinski definition) is 4. The first-order valence-corrected chi connectivity index (χ1v) is 7.79. The molecule has 0 saturated heterocycles. The zero-order valence-corrected chi connectivity index (χ0v) is 14.6. The Balaban J connectivity index is 2.00. The number of nitrogens with zero attached hydrogens (tertiary/aromatic N) is 1. The van der Waals surface area contributed by atoms with Crippen LogP contribution in [-0.2, 0) is 11.2 Å². The van der Waals surface area contributed by atoms with E-state index in [0.717, 1.165) is 4.47 Å². The highest BCUT2D eigenvalue weighted by molar-refractivity contribution is 9.10. The van der Waals surface area contributed by atoms with E-state index in [1.165, 1.54) is 12.3 Å². The Hall–Kier alpha value is -2.05. The fourth-order valence-electron chi connectivity index (χ4n) is 1.83. The fraction of sp³-hybridized carbons (Fsp3) is 0.125. The van der Waals surface area contributed by atoms with Gasteiger partial charge in [0, 0.05) is 15.1 Å². The van der Waals surface area contributed by atoms with Crippen LogP contribution in [0.2, 0.25) is 5.02 Å². The van der Waals surface area contributed by atoms with Gasteiger partial charge in [-0.25, -0.2) is 5.43 Å². The van der Waals surface area contributed by atoms with Crippen molar-refractivity contribution < 1.29 is 14.6 Å². The van der Waals surface area contributed by atoms with Gasteiger partial charge in [0.25, 0.3) is 0 Å². The molecule has 120 valence electrons. The number of rotatable bonds is 5. The molecule has 1 amide bonds. The van der Waals surface area contributed by atoms with Crippen molar-refractivity contribution in [2.75, 3.05) is 7.11 Å². The lowest BCUT2D eigenvalue weighted by molar-refractivity contribution is -0.120. The number of phenolic OH excluding ortho intramolecular Hbond substituents is 1. The zero-order chi connectivity index (χ0) is 16.8. The number of phenols is 1. The first-order valence-electron chi connectivity index (χ1n) is 6.62. The lowest BCUT2D eigenvalue weighted by Gasteiger charge is -2.06. The second kappa shape index (κ2) is 7.99. The summed E-state index contributed by atoms with van der Waals surface area (Å²) in [6, 6.07) is 10.0. The molecule has 5 nitrogen and oxygen atoms in total. The predicted molar refractivity (Wildman–Crippen MR) is 93.3 cm³/mol. The lowest BCUT2D eigenvalue weighted by atomic mass is 10.1. The molecule has 0 aliphatic carbocycles. The molecule has 0 saturated carbocycles. The summed E-state index contributed by atoms with van der Waals surface area (Å²) in [6.45, 7) is 0. The van der Waals surface area contributed by atoms with E-state index in [9.17, 15) is 9.90 Å². The molecule has 0 aliphatic rings. The van der Waals surface area contributed by atoms with Crippen LogP contribution in [0.4, 0.5) is 0 Å². The average Bonchev–Trinajstić information content (AvgIpc) is 2.53. The molecule has 7 heteroatoms. The summed E-state index contributed by atoms with van der Waals surface area (Å²) in [5.41, 5.74) is 3.52. The first-order chi connectivity index (χ1) is 11.0. The minimum atomic E-state index is -0.328. The molecular formula is C16H14BrClN2O3. The molecule has 2 rings (SSSR count). The molecule has 0 bridgehead atoms. The van der Waals surface area contributed by atoms with Crippen LogP contribution < -0.4 is 10.2 Å². The highest BCUT2D eigenvalue weighted by Crippen LogP contribution is 2.22. The van der Waals surface area contributed by atoms with Gasteiger partial charge in [-0.1, -0.05) is 27.5 Å². The number of hydrogen-bond donors (Lipinski definition) is 2. The van der Waals surface area contributed by atoms with Gasteiger partial charge in [0.2, 0.25) is 5.91 Å². The van der Waals surface area contributed by atoms with E-state index in [1.807, 2.05) is 0 Å². The van der Waals surface area contributed by atoms with E-state index in [1.54, 1.807) is 37.4 Å². The van der Waals surface area contributed by atoms with Gasteiger partial charge in [-0.05, 0) is 42.0 Å². The van der Waals surface area contributed by atoms with Gasteiger partial charge in [-0.3, -0.25) is 4.79 Å². The van der Waals surface area contributed by atoms with Gasteiger partial charge in [0.15, 0.2) is 0 Å². The van der Waals surface area contributed by atoms with Crippen LogP contribution in [0.25, 0.3) is 0 Å². The van der Waals surface area contributed by atoms with Crippen LogP contribution in [0, 0.1) is 0 Å². The highest BCUT2D eigenvalue weighted by atomic mass is 79.9. The average molecular weight is 398 g/mol. The zero-order valence-electron chi connectivity index (χ0n) is 12.2. The van der Waals surface area contributed by atoms with Gasteiger partial charge in [0.05, 0.1) is 19.7 Å². The third kappa shape index (κ3) is 4.97. The summed E-state index contributed by atoms with van der Waals surface area (Å²) < 4.78 is 5.90. The molecule has 2 aromatic rings. The first kappa shape index (κ1) is 17.3. The summed E-state index contributed by atoms with van der Waals surface area (Å²) in [6.07, 6.45) is 1.43. The number of carbonyl (C=O) groups is 1. The summed E-state index contributed by atoms with van der Waals surface area (Å²) in [5, 5.41) is 14.0. The SMILES string of the molecule is COc1ccc(Cl)c(CC(=O)N/N=C/c2cc(Br)ccc2O)c1. The largest absolute Gasteiger partial charge is 0.507 e. The number of methoxy groups -OCH3 is 1. The van der Waals surface area contributed by atoms with Crippen molar-refractivity contribution in [1.29, 1.82) is 0 Å². The quantitative estimate of drug-likeness (QED) is 0.599. The molecule has 0 aliphatic heterocycles. The summed E-state index contributed by atoms with van der Waals surface area (Å²) >= 11 is 9.35. The van der Waals surface area contributed by atoms with Crippen LogP contribution in [0.3, 0.4) is 0 Å². The van der Waals surface area contributed by atoms with Crippen molar-refractivity contribution in [2.24, 2.45) is 5.10 Å². The van der Waals surface area contributed by atoms with Gasteiger partial charge >= 0.3 is 0 Å². The lowest BCUT2D eigenvalue weighted by Crippen LogP contribution is -2.20. The topological polar surface area (TPSA) is 70.9 Å². The van der Waals surface area contributed by atoms with E-state index in [0.29, 0.717) is 21.9 Å². The number of carbonyl (C=O) groups excluding carboxylic acids is 1. The summed E-state index contributed by atoms with van der Waals surface area (Å²) in [4.78, 5) is 11.9. The van der Waals surface area contributed by atoms with E-state index in [2.05, 4.69) is 26.5 Å². The third-order valence-electron chi connectivity index (χ3n) is 2.99. The van der Waals surface area contributed by atoms with Crippen molar-refractivity contribution in [2.45, 2.75) is 6.42 Å². The molecule has 2 aromatic carbocycles. The Labute approximate surface area is 147 Å². The van der Waals surface area contributed by atoms with Crippen LogP contribution in [0.1, 0.15) is 11.1 Å². The van der Waals surface area contributed by atoms with E-state index >= 15 is 0 Å². The molecule has 2 N–H and O–H groups in total. The van der Waals surface area contributed by atoms with Crippen molar-refractivity contribution in [3.05, 3.63) is 57.0 Å². The number of nitrogens with one attached hydrogen (secondary N) is 1. The van der Waals surface area contributed by atoms with Crippen molar-refractivity contribution in [3.63, 3.8) is 0 Å². The summed E-state index contributed by atoms with van der Waals surface area (Å²) in [5.74, 6) is 0.368. The Morgan fingerprint density at radius 1 is 1.39 bits per heavy atom. The maximum absolute atomic E-state index is 11.9. The van der Waals surface area contributed by atoms with Gasteiger partial charge in [-0.2, -0.15) is 5.10 Å². The molecule has 0 atom stereocenters. The Morgan fingerprint density at radius 2 is 2.17 bits per heavy atom. The third-order valence-corrected chi connectivity index (χ3v) is 3.85. The number of benzene rings is 2. The van der Waals surface area contributed by atoms with Crippen molar-refractivity contribution in [1.82, 2.24) is 5.43 Å². The molecule has 0 heterocycles. The van der Waals surface area contributed by atoms with Crippen molar-refractivity contribution >= 4 is 39.7 Å². The molecule has 23 heavy (non-hydrogen) atoms. The second-order valence-electron chi connectivity index (χ2n) is 4.63. The van der Waals surface area contributed by atoms with Crippen LogP contribution >= 0.6 is 27.5 Å². The van der Waals surface area contributed by atoms with E-state index in [4.69, 9.17) is 16.3 Å². The molecule has 0 spiro atoms. The number of halogens is 2. The number of ether oxygens (including phenoxy) is 1. The van der Waals surface area contributed by atoms with Crippen molar-refractivity contribution in [3.8, 4) is 11.5 Å². The van der Waals surface area contributed by atoms with E-state index in [-0.39, 0.29) is 18.1 Å². The Morgan fingerprint density at radius 3 is 2.91 bits per heavy atom. The minimum Gasteiger partial charge on any atom is -0.507 e. The smallest absolute Gasteiger partial charge is 0.244 e. The fourth-order valence-corrected chi connectivity index (χ4v) is 2.39. The molecule has 0 aromatic heterocycles. The van der Waals surface area contributed by atoms with Crippen LogP contribution in [-0.4, -0.2) is 24.3 Å². The highest BCUT2D eigenvalue weighted by Gasteiger charge is 2.08. The number of aromatic hydroxyl groups is 1. The standard InChI is InChI=1S/C16H14BrClN2O3/c1-23-13-3-4-14(18)10(7-13)8-16(22)20-19-9-11-6-12(17)2-5-15(11)21/h2-7,9,21H,8H2,1H3,(H,20,22)/b19-9+. The number of hydrazone groups is 1. The van der Waals surface area contributed by atoms with Gasteiger partial charge in [0.1, 0.15) is 11.5 Å². The molecule has 0 radical (unpaired) electrons.